The van der Waals surface area contributed by atoms with Crippen molar-refractivity contribution < 1.29 is 5.11 Å². The largest absolute Gasteiger partial charge is 0.384 e. The third kappa shape index (κ3) is 1.78. The molecule has 1 aromatic heterocycles. The van der Waals surface area contributed by atoms with Gasteiger partial charge in [0.25, 0.3) is 0 Å². The lowest BCUT2D eigenvalue weighted by Gasteiger charge is -2.01. The summed E-state index contributed by atoms with van der Waals surface area (Å²) in [7, 11) is 0. The molecule has 0 spiro atoms. The minimum Gasteiger partial charge on any atom is -0.384 e. The summed E-state index contributed by atoms with van der Waals surface area (Å²) in [5.74, 6) is 0.560. The predicted octanol–water partition coefficient (Wildman–Crippen LogP) is -0.0358. The highest BCUT2D eigenvalue weighted by Crippen LogP contribution is 2.06. The number of hydrogen-bond acceptors (Lipinski definition) is 3. The van der Waals surface area contributed by atoms with Gasteiger partial charge >= 0.3 is 0 Å². The van der Waals surface area contributed by atoms with Gasteiger partial charge in [-0.15, -0.1) is 0 Å². The van der Waals surface area contributed by atoms with Gasteiger partial charge in [0.15, 0.2) is 0 Å². The van der Waals surface area contributed by atoms with Crippen LogP contribution in [0.5, 0.6) is 0 Å². The van der Waals surface area contributed by atoms with Crippen LogP contribution >= 0.6 is 0 Å². The van der Waals surface area contributed by atoms with E-state index in [0.717, 1.165) is 12.1 Å². The number of H-pyrrole nitrogens is 1. The van der Waals surface area contributed by atoms with E-state index in [9.17, 15) is 5.11 Å². The number of rotatable bonds is 3. The van der Waals surface area contributed by atoms with Crippen LogP contribution in [0.4, 0.5) is 0 Å². The van der Waals surface area contributed by atoms with Gasteiger partial charge in [0.2, 0.25) is 0 Å². The van der Waals surface area contributed by atoms with E-state index in [-0.39, 0.29) is 6.54 Å². The van der Waals surface area contributed by atoms with Gasteiger partial charge in [-0.3, -0.25) is 0 Å². The molecule has 0 fully saturated rings. The fraction of sp³-hybridized carbons (Fsp3) is 0.571. The van der Waals surface area contributed by atoms with E-state index >= 15 is 0 Å². The molecule has 1 aromatic rings. The van der Waals surface area contributed by atoms with Crippen molar-refractivity contribution in [2.24, 2.45) is 5.73 Å². The van der Waals surface area contributed by atoms with Gasteiger partial charge in [0.05, 0.1) is 0 Å². The lowest BCUT2D eigenvalue weighted by atomic mass is 10.3. The zero-order valence-electron chi connectivity index (χ0n) is 6.54. The molecule has 62 valence electrons. The Morgan fingerprint density at radius 3 is 3.00 bits per heavy atom. The summed E-state index contributed by atoms with van der Waals surface area (Å²) in [4.78, 5) is 6.94. The Kier molecular flexibility index (Phi) is 2.62. The van der Waals surface area contributed by atoms with Crippen LogP contribution in [0.3, 0.4) is 0 Å². The van der Waals surface area contributed by atoms with Gasteiger partial charge in [-0.25, -0.2) is 4.98 Å². The highest BCUT2D eigenvalue weighted by atomic mass is 16.3. The fourth-order valence-corrected chi connectivity index (χ4v) is 0.837. The van der Waals surface area contributed by atoms with Gasteiger partial charge < -0.3 is 15.8 Å². The van der Waals surface area contributed by atoms with Gasteiger partial charge in [-0.1, -0.05) is 6.92 Å². The first-order valence-corrected chi connectivity index (χ1v) is 3.69. The van der Waals surface area contributed by atoms with Crippen molar-refractivity contribution in [1.82, 2.24) is 9.97 Å². The molecule has 4 N–H and O–H groups in total. The molecule has 0 aromatic carbocycles. The topological polar surface area (TPSA) is 74.9 Å². The van der Waals surface area contributed by atoms with Crippen LogP contribution in [0.1, 0.15) is 24.5 Å². The smallest absolute Gasteiger partial charge is 0.136 e. The molecule has 0 saturated heterocycles. The Morgan fingerprint density at radius 1 is 1.82 bits per heavy atom. The molecule has 0 aliphatic carbocycles. The fourth-order valence-electron chi connectivity index (χ4n) is 0.837. The molecule has 0 amide bonds. The van der Waals surface area contributed by atoms with E-state index in [1.807, 2.05) is 6.92 Å². The molecule has 11 heavy (non-hydrogen) atoms. The summed E-state index contributed by atoms with van der Waals surface area (Å²) < 4.78 is 0. The number of aromatic nitrogens is 2. The second-order valence-electron chi connectivity index (χ2n) is 2.40. The molecule has 0 saturated carbocycles. The monoisotopic (exact) mass is 155 g/mol. The summed E-state index contributed by atoms with van der Waals surface area (Å²) in [6, 6.07) is 0. The number of nitrogens with one attached hydrogen (secondary N) is 1. The maximum absolute atomic E-state index is 9.22. The number of imidazole rings is 1. The Morgan fingerprint density at radius 2 is 2.55 bits per heavy atom. The molecular formula is C7H13N3O. The maximum atomic E-state index is 9.22. The summed E-state index contributed by atoms with van der Waals surface area (Å²) in [5, 5.41) is 9.22. The zero-order chi connectivity index (χ0) is 8.27. The van der Waals surface area contributed by atoms with Crippen molar-refractivity contribution in [3.8, 4) is 0 Å². The molecule has 1 heterocycles. The van der Waals surface area contributed by atoms with Crippen LogP contribution in [-0.2, 0) is 6.42 Å². The van der Waals surface area contributed by atoms with E-state index in [1.54, 1.807) is 6.20 Å². The van der Waals surface area contributed by atoms with Crippen LogP contribution in [0.2, 0.25) is 0 Å². The van der Waals surface area contributed by atoms with Crippen molar-refractivity contribution in [3.05, 3.63) is 17.7 Å². The number of nitrogens with two attached hydrogens (primary N) is 1. The normalized spacial score (nSPS) is 13.4. The second-order valence-corrected chi connectivity index (χ2v) is 2.40. The first-order valence-electron chi connectivity index (χ1n) is 3.69. The first-order chi connectivity index (χ1) is 5.27. The highest BCUT2D eigenvalue weighted by molar-refractivity contribution is 5.03. The van der Waals surface area contributed by atoms with Crippen molar-refractivity contribution >= 4 is 0 Å². The Balaban J connectivity index is 2.71. The van der Waals surface area contributed by atoms with Crippen molar-refractivity contribution in [3.63, 3.8) is 0 Å². The van der Waals surface area contributed by atoms with E-state index in [2.05, 4.69) is 9.97 Å². The number of aromatic amines is 1. The third-order valence-electron chi connectivity index (χ3n) is 1.57. The summed E-state index contributed by atoms with van der Waals surface area (Å²) in [6.45, 7) is 2.22. The van der Waals surface area contributed by atoms with Crippen molar-refractivity contribution in [2.45, 2.75) is 19.4 Å². The van der Waals surface area contributed by atoms with E-state index in [4.69, 9.17) is 5.73 Å². The van der Waals surface area contributed by atoms with E-state index in [0.29, 0.717) is 5.82 Å². The average Bonchev–Trinajstić information content (AvgIpc) is 2.50. The standard InChI is InChI=1S/C7H13N3O/c1-2-5-4-9-7(10-5)6(11)3-8/h4,6,11H,2-3,8H2,1H3,(H,9,10). The van der Waals surface area contributed by atoms with Crippen LogP contribution in [0.25, 0.3) is 0 Å². The minimum atomic E-state index is -0.657. The number of hydrogen-bond donors (Lipinski definition) is 3. The molecule has 0 aliphatic heterocycles. The predicted molar refractivity (Wildman–Crippen MR) is 42.0 cm³/mol. The molecule has 4 heteroatoms. The number of aliphatic hydroxyl groups is 1. The van der Waals surface area contributed by atoms with Crippen molar-refractivity contribution in [2.75, 3.05) is 6.54 Å². The molecular weight excluding hydrogens is 142 g/mol. The van der Waals surface area contributed by atoms with Gasteiger partial charge in [0, 0.05) is 18.4 Å². The molecule has 4 nitrogen and oxygen atoms in total. The Hall–Kier alpha value is -0.870. The van der Waals surface area contributed by atoms with E-state index < -0.39 is 6.10 Å². The summed E-state index contributed by atoms with van der Waals surface area (Å²) in [5.41, 5.74) is 6.27. The van der Waals surface area contributed by atoms with Crippen LogP contribution < -0.4 is 5.73 Å². The second kappa shape index (κ2) is 3.50. The molecule has 0 radical (unpaired) electrons. The third-order valence-corrected chi connectivity index (χ3v) is 1.57. The van der Waals surface area contributed by atoms with Crippen LogP contribution in [0.15, 0.2) is 6.20 Å². The molecule has 1 atom stereocenters. The molecule has 1 rings (SSSR count). The van der Waals surface area contributed by atoms with Crippen LogP contribution in [0, 0.1) is 0 Å². The molecule has 1 unspecified atom stereocenters. The van der Waals surface area contributed by atoms with Crippen LogP contribution in [-0.4, -0.2) is 21.6 Å². The minimum absolute atomic E-state index is 0.205. The molecule has 0 bridgehead atoms. The first kappa shape index (κ1) is 8.23. The van der Waals surface area contributed by atoms with Gasteiger partial charge in [0.1, 0.15) is 11.9 Å². The van der Waals surface area contributed by atoms with Crippen molar-refractivity contribution in [1.29, 1.82) is 0 Å². The average molecular weight is 155 g/mol. The lowest BCUT2D eigenvalue weighted by molar-refractivity contribution is 0.177. The van der Waals surface area contributed by atoms with Gasteiger partial charge in [-0.2, -0.15) is 0 Å². The molecule has 0 aliphatic rings. The Bertz CT molecular complexity index is 221. The van der Waals surface area contributed by atoms with E-state index in [1.165, 1.54) is 0 Å². The number of aryl methyl sites for hydroxylation is 1. The quantitative estimate of drug-likeness (QED) is 0.573. The summed E-state index contributed by atoms with van der Waals surface area (Å²) >= 11 is 0. The number of nitrogens with zero attached hydrogens (tertiary/aromatic N) is 1. The maximum Gasteiger partial charge on any atom is 0.136 e. The van der Waals surface area contributed by atoms with Gasteiger partial charge in [-0.05, 0) is 6.42 Å². The SMILES string of the molecule is CCc1cnc(C(O)CN)[nH]1. The number of aliphatic hydroxyl groups excluding tert-OH is 1. The zero-order valence-corrected chi connectivity index (χ0v) is 6.54. The Labute approximate surface area is 65.5 Å². The summed E-state index contributed by atoms with van der Waals surface area (Å²) in [6.07, 6.45) is 1.95. The lowest BCUT2D eigenvalue weighted by Crippen LogP contribution is -2.12. The highest BCUT2D eigenvalue weighted by Gasteiger charge is 2.07.